The predicted molar refractivity (Wildman–Crippen MR) is 89.5 cm³/mol. The summed E-state index contributed by atoms with van der Waals surface area (Å²) < 4.78 is 1.87. The van der Waals surface area contributed by atoms with Gasteiger partial charge in [-0.25, -0.2) is 4.79 Å². The predicted octanol–water partition coefficient (Wildman–Crippen LogP) is 3.40. The van der Waals surface area contributed by atoms with Crippen LogP contribution >= 0.6 is 11.6 Å². The van der Waals surface area contributed by atoms with E-state index in [2.05, 4.69) is 10.4 Å². The molecule has 118 valence electrons. The Morgan fingerprint density at radius 1 is 1.36 bits per heavy atom. The highest BCUT2D eigenvalue weighted by molar-refractivity contribution is 6.33. The van der Waals surface area contributed by atoms with Crippen LogP contribution in [0.4, 0.5) is 10.5 Å². The maximum absolute atomic E-state index is 12.2. The van der Waals surface area contributed by atoms with E-state index in [1.54, 1.807) is 24.1 Å². The van der Waals surface area contributed by atoms with Crippen LogP contribution in [0, 0.1) is 13.8 Å². The number of para-hydroxylation sites is 1. The van der Waals surface area contributed by atoms with E-state index < -0.39 is 0 Å². The summed E-state index contributed by atoms with van der Waals surface area (Å²) >= 11 is 6.05. The molecule has 5 nitrogen and oxygen atoms in total. The van der Waals surface area contributed by atoms with Gasteiger partial charge in [-0.15, -0.1) is 0 Å². The van der Waals surface area contributed by atoms with Crippen LogP contribution in [0.5, 0.6) is 0 Å². The summed E-state index contributed by atoms with van der Waals surface area (Å²) in [6, 6.07) is 7.02. The molecule has 0 aliphatic heterocycles. The number of anilines is 1. The number of amides is 2. The maximum atomic E-state index is 12.2. The molecule has 1 aromatic carbocycles. The number of hydrogen-bond donors (Lipinski definition) is 1. The van der Waals surface area contributed by atoms with Crippen LogP contribution in [0.1, 0.15) is 17.0 Å². The van der Waals surface area contributed by atoms with E-state index in [0.717, 1.165) is 17.8 Å². The van der Waals surface area contributed by atoms with Crippen molar-refractivity contribution in [2.24, 2.45) is 7.05 Å². The molecule has 0 aliphatic rings. The SMILES string of the molecule is Cc1nn(C)c(C)c1CCN(C)C(=O)Nc1ccccc1Cl. The first-order chi connectivity index (χ1) is 10.4. The van der Waals surface area contributed by atoms with Crippen molar-refractivity contribution >= 4 is 23.3 Å². The summed E-state index contributed by atoms with van der Waals surface area (Å²) in [6.07, 6.45) is 0.776. The van der Waals surface area contributed by atoms with Crippen LogP contribution in [-0.4, -0.2) is 34.3 Å². The van der Waals surface area contributed by atoms with E-state index >= 15 is 0 Å². The molecule has 0 spiro atoms. The molecule has 0 bridgehead atoms. The van der Waals surface area contributed by atoms with Crippen molar-refractivity contribution in [2.45, 2.75) is 20.3 Å². The molecular weight excluding hydrogens is 300 g/mol. The molecule has 1 N–H and O–H groups in total. The molecule has 0 unspecified atom stereocenters. The Hall–Kier alpha value is -2.01. The summed E-state index contributed by atoms with van der Waals surface area (Å²) in [6.45, 7) is 4.65. The molecule has 0 fully saturated rings. The highest BCUT2D eigenvalue weighted by Gasteiger charge is 2.14. The van der Waals surface area contributed by atoms with Gasteiger partial charge in [-0.3, -0.25) is 4.68 Å². The fourth-order valence-electron chi connectivity index (χ4n) is 2.33. The lowest BCUT2D eigenvalue weighted by atomic mass is 10.1. The fraction of sp³-hybridized carbons (Fsp3) is 0.375. The number of hydrogen-bond acceptors (Lipinski definition) is 2. The van der Waals surface area contributed by atoms with Gasteiger partial charge >= 0.3 is 6.03 Å². The lowest BCUT2D eigenvalue weighted by Gasteiger charge is -2.18. The third kappa shape index (κ3) is 3.60. The molecular formula is C16H21ClN4O. The van der Waals surface area contributed by atoms with Gasteiger partial charge in [-0.2, -0.15) is 5.10 Å². The third-order valence-corrected chi connectivity index (χ3v) is 4.15. The van der Waals surface area contributed by atoms with Crippen LogP contribution < -0.4 is 5.32 Å². The first-order valence-electron chi connectivity index (χ1n) is 7.16. The number of carbonyl (C=O) groups is 1. The van der Waals surface area contributed by atoms with Crippen molar-refractivity contribution in [2.75, 3.05) is 18.9 Å². The van der Waals surface area contributed by atoms with Crippen LogP contribution in [0.15, 0.2) is 24.3 Å². The molecule has 2 aromatic rings. The molecule has 2 rings (SSSR count). The van der Waals surface area contributed by atoms with E-state index in [-0.39, 0.29) is 6.03 Å². The zero-order valence-corrected chi connectivity index (χ0v) is 14.1. The van der Waals surface area contributed by atoms with Crippen molar-refractivity contribution in [1.82, 2.24) is 14.7 Å². The first kappa shape index (κ1) is 16.4. The van der Waals surface area contributed by atoms with Gasteiger partial charge in [0, 0.05) is 26.3 Å². The minimum Gasteiger partial charge on any atom is -0.327 e. The third-order valence-electron chi connectivity index (χ3n) is 3.82. The van der Waals surface area contributed by atoms with Crippen LogP contribution in [0.3, 0.4) is 0 Å². The van der Waals surface area contributed by atoms with Gasteiger partial charge in [0.05, 0.1) is 16.4 Å². The molecule has 0 saturated carbocycles. The van der Waals surface area contributed by atoms with E-state index in [1.165, 1.54) is 5.56 Å². The number of aromatic nitrogens is 2. The molecule has 22 heavy (non-hydrogen) atoms. The van der Waals surface area contributed by atoms with Gasteiger partial charge in [0.15, 0.2) is 0 Å². The largest absolute Gasteiger partial charge is 0.327 e. The number of nitrogens with zero attached hydrogens (tertiary/aromatic N) is 3. The number of aryl methyl sites for hydroxylation is 2. The molecule has 0 saturated heterocycles. The smallest absolute Gasteiger partial charge is 0.321 e. The van der Waals surface area contributed by atoms with E-state index in [4.69, 9.17) is 11.6 Å². The van der Waals surface area contributed by atoms with E-state index in [9.17, 15) is 4.79 Å². The normalized spacial score (nSPS) is 10.6. The number of urea groups is 1. The van der Waals surface area contributed by atoms with Gasteiger partial charge in [-0.1, -0.05) is 23.7 Å². The average Bonchev–Trinajstić information content (AvgIpc) is 2.72. The number of rotatable bonds is 4. The molecule has 0 atom stereocenters. The van der Waals surface area contributed by atoms with Gasteiger partial charge in [0.2, 0.25) is 0 Å². The van der Waals surface area contributed by atoms with Gasteiger partial charge in [0.1, 0.15) is 0 Å². The first-order valence-corrected chi connectivity index (χ1v) is 7.53. The zero-order chi connectivity index (χ0) is 16.3. The molecule has 0 radical (unpaired) electrons. The molecule has 1 aromatic heterocycles. The Morgan fingerprint density at radius 3 is 2.64 bits per heavy atom. The monoisotopic (exact) mass is 320 g/mol. The van der Waals surface area contributed by atoms with Crippen LogP contribution in [0.25, 0.3) is 0 Å². The second-order valence-electron chi connectivity index (χ2n) is 5.35. The highest BCUT2D eigenvalue weighted by atomic mass is 35.5. The Kier molecular flexibility index (Phi) is 5.08. The Bertz CT molecular complexity index is 681. The van der Waals surface area contributed by atoms with Crippen molar-refractivity contribution in [1.29, 1.82) is 0 Å². The van der Waals surface area contributed by atoms with Gasteiger partial charge in [-0.05, 0) is 38.0 Å². The maximum Gasteiger partial charge on any atom is 0.321 e. The number of carbonyl (C=O) groups excluding carboxylic acids is 1. The Balaban J connectivity index is 1.96. The fourth-order valence-corrected chi connectivity index (χ4v) is 2.52. The molecule has 6 heteroatoms. The highest BCUT2D eigenvalue weighted by Crippen LogP contribution is 2.20. The zero-order valence-electron chi connectivity index (χ0n) is 13.4. The van der Waals surface area contributed by atoms with Gasteiger partial charge < -0.3 is 10.2 Å². The Labute approximate surface area is 135 Å². The molecule has 0 aliphatic carbocycles. The van der Waals surface area contributed by atoms with Crippen LogP contribution in [0.2, 0.25) is 5.02 Å². The summed E-state index contributed by atoms with van der Waals surface area (Å²) in [4.78, 5) is 13.8. The van der Waals surface area contributed by atoms with Crippen molar-refractivity contribution in [3.8, 4) is 0 Å². The lowest BCUT2D eigenvalue weighted by molar-refractivity contribution is 0.223. The molecule has 1 heterocycles. The standard InChI is InChI=1S/C16H21ClN4O/c1-11-13(12(2)21(4)19-11)9-10-20(3)16(22)18-15-8-6-5-7-14(15)17/h5-8H,9-10H2,1-4H3,(H,18,22). The number of halogens is 1. The Morgan fingerprint density at radius 2 is 2.05 bits per heavy atom. The number of benzene rings is 1. The summed E-state index contributed by atoms with van der Waals surface area (Å²) in [5.41, 5.74) is 3.96. The molecule has 2 amide bonds. The van der Waals surface area contributed by atoms with Crippen molar-refractivity contribution in [3.05, 3.63) is 46.2 Å². The van der Waals surface area contributed by atoms with Gasteiger partial charge in [0.25, 0.3) is 0 Å². The minimum absolute atomic E-state index is 0.174. The minimum atomic E-state index is -0.174. The summed E-state index contributed by atoms with van der Waals surface area (Å²) in [5, 5.41) is 7.74. The second-order valence-corrected chi connectivity index (χ2v) is 5.76. The number of likely N-dealkylation sites (N-methyl/N-ethyl adjacent to an activating group) is 1. The average molecular weight is 321 g/mol. The topological polar surface area (TPSA) is 50.2 Å². The van der Waals surface area contributed by atoms with Crippen LogP contribution in [-0.2, 0) is 13.5 Å². The van der Waals surface area contributed by atoms with E-state index in [1.807, 2.05) is 37.7 Å². The summed E-state index contributed by atoms with van der Waals surface area (Å²) in [7, 11) is 3.70. The van der Waals surface area contributed by atoms with E-state index in [0.29, 0.717) is 17.3 Å². The quantitative estimate of drug-likeness (QED) is 0.938. The second kappa shape index (κ2) is 6.83. The number of nitrogens with one attached hydrogen (secondary N) is 1. The lowest BCUT2D eigenvalue weighted by Crippen LogP contribution is -2.33. The van der Waals surface area contributed by atoms with Crippen molar-refractivity contribution in [3.63, 3.8) is 0 Å². The summed E-state index contributed by atoms with van der Waals surface area (Å²) in [5.74, 6) is 0. The van der Waals surface area contributed by atoms with Crippen molar-refractivity contribution < 1.29 is 4.79 Å².